The molecule has 0 aliphatic rings. The maximum atomic E-state index is 5.93. The quantitative estimate of drug-likeness (QED) is 0.748. The second-order valence-electron chi connectivity index (χ2n) is 4.66. The van der Waals surface area contributed by atoms with E-state index in [1.54, 1.807) is 0 Å². The van der Waals surface area contributed by atoms with Gasteiger partial charge in [0.25, 0.3) is 0 Å². The molecule has 0 saturated heterocycles. The summed E-state index contributed by atoms with van der Waals surface area (Å²) in [5.41, 5.74) is 1.20. The highest BCUT2D eigenvalue weighted by Crippen LogP contribution is 2.26. The fourth-order valence-electron chi connectivity index (χ4n) is 1.95. The summed E-state index contributed by atoms with van der Waals surface area (Å²) in [5.74, 6) is 1.75. The van der Waals surface area contributed by atoms with Crippen LogP contribution in [0.15, 0.2) is 34.9 Å². The van der Waals surface area contributed by atoms with Crippen LogP contribution in [0.1, 0.15) is 31.3 Å². The number of halogens is 2. The Morgan fingerprint density at radius 2 is 1.90 bits per heavy atom. The number of benzene rings is 1. The second-order valence-corrected chi connectivity index (χ2v) is 5.91. The fourth-order valence-corrected chi connectivity index (χ4v) is 2.49. The molecule has 1 aromatic heterocycles. The summed E-state index contributed by atoms with van der Waals surface area (Å²) in [5, 5.41) is 0.752. The lowest BCUT2D eigenvalue weighted by Crippen LogP contribution is -2.23. The zero-order chi connectivity index (χ0) is 14.7. The SMILES string of the molecule is CCc1nc(Br)cc(N(C)C(C)c2ccc(Cl)cc2)n1. The highest BCUT2D eigenvalue weighted by Gasteiger charge is 2.15. The number of aryl methyl sites for hydroxylation is 1. The summed E-state index contributed by atoms with van der Waals surface area (Å²) in [7, 11) is 2.04. The van der Waals surface area contributed by atoms with Crippen LogP contribution in [0.25, 0.3) is 0 Å². The van der Waals surface area contributed by atoms with Crippen molar-refractivity contribution in [3.8, 4) is 0 Å². The molecule has 0 saturated carbocycles. The summed E-state index contributed by atoms with van der Waals surface area (Å²) in [6.07, 6.45) is 0.815. The van der Waals surface area contributed by atoms with Crippen LogP contribution < -0.4 is 4.90 Å². The van der Waals surface area contributed by atoms with Gasteiger partial charge in [0.2, 0.25) is 0 Å². The minimum atomic E-state index is 0.207. The maximum absolute atomic E-state index is 5.93. The van der Waals surface area contributed by atoms with Crippen LogP contribution in [-0.2, 0) is 6.42 Å². The minimum Gasteiger partial charge on any atom is -0.353 e. The van der Waals surface area contributed by atoms with Crippen molar-refractivity contribution in [3.05, 3.63) is 51.3 Å². The zero-order valence-electron chi connectivity index (χ0n) is 11.8. The number of aromatic nitrogens is 2. The van der Waals surface area contributed by atoms with E-state index in [9.17, 15) is 0 Å². The molecular formula is C15H17BrClN3. The number of rotatable bonds is 4. The predicted octanol–water partition coefficient (Wildman–Crippen LogP) is 4.65. The van der Waals surface area contributed by atoms with E-state index in [4.69, 9.17) is 11.6 Å². The summed E-state index contributed by atoms with van der Waals surface area (Å²) in [4.78, 5) is 11.0. The van der Waals surface area contributed by atoms with E-state index in [0.717, 1.165) is 27.7 Å². The fraction of sp³-hybridized carbons (Fsp3) is 0.333. The molecule has 5 heteroatoms. The number of hydrogen-bond donors (Lipinski definition) is 0. The van der Waals surface area contributed by atoms with Crippen LogP contribution in [0.4, 0.5) is 5.82 Å². The molecule has 0 aliphatic heterocycles. The molecule has 20 heavy (non-hydrogen) atoms. The molecule has 0 radical (unpaired) electrons. The van der Waals surface area contributed by atoms with Crippen LogP contribution >= 0.6 is 27.5 Å². The van der Waals surface area contributed by atoms with Crippen LogP contribution in [0.2, 0.25) is 5.02 Å². The van der Waals surface area contributed by atoms with Gasteiger partial charge in [0.15, 0.2) is 0 Å². The summed E-state index contributed by atoms with van der Waals surface area (Å²) < 4.78 is 0.814. The molecule has 2 aromatic rings. The van der Waals surface area contributed by atoms with Crippen molar-refractivity contribution in [1.29, 1.82) is 0 Å². The normalized spacial score (nSPS) is 12.2. The van der Waals surface area contributed by atoms with E-state index < -0.39 is 0 Å². The highest BCUT2D eigenvalue weighted by molar-refractivity contribution is 9.10. The zero-order valence-corrected chi connectivity index (χ0v) is 14.1. The molecule has 106 valence electrons. The molecule has 1 atom stereocenters. The van der Waals surface area contributed by atoms with Crippen molar-refractivity contribution in [3.63, 3.8) is 0 Å². The molecule has 1 aromatic carbocycles. The molecule has 0 aliphatic carbocycles. The molecule has 0 spiro atoms. The molecule has 1 heterocycles. The minimum absolute atomic E-state index is 0.207. The monoisotopic (exact) mass is 353 g/mol. The number of hydrogen-bond acceptors (Lipinski definition) is 3. The summed E-state index contributed by atoms with van der Waals surface area (Å²) >= 11 is 9.37. The van der Waals surface area contributed by atoms with E-state index in [-0.39, 0.29) is 6.04 Å². The van der Waals surface area contributed by atoms with Gasteiger partial charge in [-0.2, -0.15) is 0 Å². The van der Waals surface area contributed by atoms with Gasteiger partial charge >= 0.3 is 0 Å². The largest absolute Gasteiger partial charge is 0.353 e. The third kappa shape index (κ3) is 3.49. The van der Waals surface area contributed by atoms with Gasteiger partial charge < -0.3 is 4.90 Å². The first-order valence-corrected chi connectivity index (χ1v) is 7.70. The third-order valence-electron chi connectivity index (χ3n) is 3.34. The first-order chi connectivity index (χ1) is 9.51. The molecule has 2 rings (SSSR count). The van der Waals surface area contributed by atoms with Gasteiger partial charge in [0, 0.05) is 24.6 Å². The van der Waals surface area contributed by atoms with Crippen molar-refractivity contribution in [2.75, 3.05) is 11.9 Å². The lowest BCUT2D eigenvalue weighted by atomic mass is 10.1. The van der Waals surface area contributed by atoms with Crippen molar-refractivity contribution >= 4 is 33.3 Å². The van der Waals surface area contributed by atoms with E-state index >= 15 is 0 Å². The third-order valence-corrected chi connectivity index (χ3v) is 4.00. The Morgan fingerprint density at radius 3 is 2.50 bits per heavy atom. The van der Waals surface area contributed by atoms with Crippen LogP contribution in [0.5, 0.6) is 0 Å². The van der Waals surface area contributed by atoms with Crippen molar-refractivity contribution < 1.29 is 0 Å². The van der Waals surface area contributed by atoms with E-state index in [1.807, 2.05) is 44.3 Å². The van der Waals surface area contributed by atoms with Crippen molar-refractivity contribution in [2.45, 2.75) is 26.3 Å². The van der Waals surface area contributed by atoms with E-state index in [2.05, 4.69) is 37.7 Å². The lowest BCUT2D eigenvalue weighted by Gasteiger charge is -2.26. The smallest absolute Gasteiger partial charge is 0.133 e. The van der Waals surface area contributed by atoms with Gasteiger partial charge in [-0.1, -0.05) is 30.7 Å². The molecule has 0 amide bonds. The van der Waals surface area contributed by atoms with Crippen LogP contribution in [0, 0.1) is 0 Å². The topological polar surface area (TPSA) is 29.0 Å². The lowest BCUT2D eigenvalue weighted by molar-refractivity contribution is 0.721. The molecule has 0 bridgehead atoms. The Hall–Kier alpha value is -1.13. The van der Waals surface area contributed by atoms with Crippen molar-refractivity contribution in [2.24, 2.45) is 0 Å². The van der Waals surface area contributed by atoms with Crippen LogP contribution in [-0.4, -0.2) is 17.0 Å². The number of nitrogens with zero attached hydrogens (tertiary/aromatic N) is 3. The Labute approximate surface area is 133 Å². The summed E-state index contributed by atoms with van der Waals surface area (Å²) in [6, 6.07) is 10.1. The Kier molecular flexibility index (Phi) is 5.00. The molecule has 0 N–H and O–H groups in total. The van der Waals surface area contributed by atoms with Gasteiger partial charge in [0.1, 0.15) is 16.2 Å². The average Bonchev–Trinajstić information content (AvgIpc) is 2.45. The maximum Gasteiger partial charge on any atom is 0.133 e. The van der Waals surface area contributed by atoms with Gasteiger partial charge in [-0.15, -0.1) is 0 Å². The standard InChI is InChI=1S/C15H17BrClN3/c1-4-14-18-13(16)9-15(19-14)20(3)10(2)11-5-7-12(17)8-6-11/h5-10H,4H2,1-3H3. The van der Waals surface area contributed by atoms with E-state index in [1.165, 1.54) is 5.56 Å². The van der Waals surface area contributed by atoms with Crippen molar-refractivity contribution in [1.82, 2.24) is 9.97 Å². The first-order valence-electron chi connectivity index (χ1n) is 6.53. The number of anilines is 1. The molecular weight excluding hydrogens is 338 g/mol. The Balaban J connectivity index is 2.28. The predicted molar refractivity (Wildman–Crippen MR) is 87.4 cm³/mol. The van der Waals surface area contributed by atoms with Crippen LogP contribution in [0.3, 0.4) is 0 Å². The Bertz CT molecular complexity index is 586. The van der Waals surface area contributed by atoms with Gasteiger partial charge in [0.05, 0.1) is 6.04 Å². The Morgan fingerprint density at radius 1 is 1.25 bits per heavy atom. The molecule has 1 unspecified atom stereocenters. The molecule has 0 fully saturated rings. The average molecular weight is 355 g/mol. The second kappa shape index (κ2) is 6.55. The first kappa shape index (κ1) is 15.3. The van der Waals surface area contributed by atoms with Gasteiger partial charge in [-0.25, -0.2) is 9.97 Å². The highest BCUT2D eigenvalue weighted by atomic mass is 79.9. The molecule has 3 nitrogen and oxygen atoms in total. The van der Waals surface area contributed by atoms with E-state index in [0.29, 0.717) is 0 Å². The van der Waals surface area contributed by atoms with Gasteiger partial charge in [-0.05, 0) is 40.5 Å². The van der Waals surface area contributed by atoms with Gasteiger partial charge in [-0.3, -0.25) is 0 Å². The summed E-state index contributed by atoms with van der Waals surface area (Å²) in [6.45, 7) is 4.19.